The number of fused-ring (bicyclic) bond motifs is 2. The lowest BCUT2D eigenvalue weighted by Gasteiger charge is -2.24. The molecule has 72 valence electrons. The number of carbonyl (C=O) groups is 2. The van der Waals surface area contributed by atoms with E-state index < -0.39 is 0 Å². The Balaban J connectivity index is 2.29. The molecule has 0 saturated heterocycles. The molecular weight excluding hydrogens is 164 g/mol. The molecular formula is C11H16O2. The van der Waals surface area contributed by atoms with Gasteiger partial charge in [-0.1, -0.05) is 0 Å². The van der Waals surface area contributed by atoms with Crippen LogP contribution in [0.5, 0.6) is 0 Å². The van der Waals surface area contributed by atoms with Gasteiger partial charge in [0.25, 0.3) is 0 Å². The van der Waals surface area contributed by atoms with Crippen LogP contribution < -0.4 is 0 Å². The van der Waals surface area contributed by atoms with Crippen LogP contribution in [0.3, 0.4) is 0 Å². The molecule has 0 amide bonds. The van der Waals surface area contributed by atoms with Crippen molar-refractivity contribution < 1.29 is 9.59 Å². The summed E-state index contributed by atoms with van der Waals surface area (Å²) >= 11 is 0. The first-order valence-electron chi connectivity index (χ1n) is 5.03. The fourth-order valence-electron chi connectivity index (χ4n) is 3.16. The summed E-state index contributed by atoms with van der Waals surface area (Å²) < 4.78 is 0. The second-order valence-electron chi connectivity index (χ2n) is 4.85. The number of hydrogen-bond acceptors (Lipinski definition) is 2. The van der Waals surface area contributed by atoms with Crippen LogP contribution in [-0.4, -0.2) is 11.6 Å². The Kier molecular flexibility index (Phi) is 1.67. The first-order chi connectivity index (χ1) is 6.01. The molecule has 13 heavy (non-hydrogen) atoms. The van der Waals surface area contributed by atoms with Crippen molar-refractivity contribution in [3.8, 4) is 0 Å². The SMILES string of the molecule is CC(=O)C12CCC(C(C)=O)(CC1)C2. The molecule has 0 aromatic heterocycles. The highest BCUT2D eigenvalue weighted by Gasteiger charge is 2.58. The largest absolute Gasteiger partial charge is 0.299 e. The fraction of sp³-hybridized carbons (Fsp3) is 0.818. The van der Waals surface area contributed by atoms with E-state index in [1.165, 1.54) is 0 Å². The molecule has 2 aliphatic rings. The lowest BCUT2D eigenvalue weighted by Crippen LogP contribution is -2.23. The molecule has 2 heteroatoms. The van der Waals surface area contributed by atoms with Crippen LogP contribution in [-0.2, 0) is 9.59 Å². The summed E-state index contributed by atoms with van der Waals surface area (Å²) in [6.07, 6.45) is 4.62. The topological polar surface area (TPSA) is 34.1 Å². The molecule has 2 fully saturated rings. The van der Waals surface area contributed by atoms with E-state index in [1.807, 2.05) is 0 Å². The summed E-state index contributed by atoms with van der Waals surface area (Å²) in [6, 6.07) is 0. The molecule has 0 atom stereocenters. The van der Waals surface area contributed by atoms with Gasteiger partial charge in [-0.05, 0) is 46.0 Å². The molecule has 0 N–H and O–H groups in total. The third-order valence-electron chi connectivity index (χ3n) is 4.33. The van der Waals surface area contributed by atoms with Crippen molar-refractivity contribution in [2.75, 3.05) is 0 Å². The third-order valence-corrected chi connectivity index (χ3v) is 4.33. The molecule has 0 aromatic rings. The Bertz CT molecular complexity index is 242. The van der Waals surface area contributed by atoms with Gasteiger partial charge in [0.05, 0.1) is 0 Å². The van der Waals surface area contributed by atoms with Gasteiger partial charge in [0.15, 0.2) is 0 Å². The number of Topliss-reactive ketones (excluding diaryl/α,β-unsaturated/α-hetero) is 2. The van der Waals surface area contributed by atoms with E-state index in [1.54, 1.807) is 13.8 Å². The van der Waals surface area contributed by atoms with Crippen molar-refractivity contribution in [3.63, 3.8) is 0 Å². The predicted molar refractivity (Wildman–Crippen MR) is 49.3 cm³/mol. The molecule has 0 aromatic carbocycles. The summed E-state index contributed by atoms with van der Waals surface area (Å²) in [7, 11) is 0. The van der Waals surface area contributed by atoms with E-state index in [4.69, 9.17) is 0 Å². The first-order valence-corrected chi connectivity index (χ1v) is 5.03. The molecule has 0 radical (unpaired) electrons. The Labute approximate surface area is 78.7 Å². The average molecular weight is 180 g/mol. The van der Waals surface area contributed by atoms with Gasteiger partial charge >= 0.3 is 0 Å². The second kappa shape index (κ2) is 2.43. The molecule has 2 nitrogen and oxygen atoms in total. The van der Waals surface area contributed by atoms with Crippen LogP contribution in [0.4, 0.5) is 0 Å². The van der Waals surface area contributed by atoms with Crippen LogP contribution in [0.25, 0.3) is 0 Å². The molecule has 0 aliphatic heterocycles. The Hall–Kier alpha value is -0.660. The Morgan fingerprint density at radius 1 is 0.846 bits per heavy atom. The van der Waals surface area contributed by atoms with Crippen LogP contribution in [0.15, 0.2) is 0 Å². The zero-order valence-electron chi connectivity index (χ0n) is 8.35. The van der Waals surface area contributed by atoms with Gasteiger partial charge in [0.2, 0.25) is 0 Å². The van der Waals surface area contributed by atoms with Crippen molar-refractivity contribution >= 4 is 11.6 Å². The van der Waals surface area contributed by atoms with Gasteiger partial charge in [0, 0.05) is 10.8 Å². The number of hydrogen-bond donors (Lipinski definition) is 0. The van der Waals surface area contributed by atoms with Crippen molar-refractivity contribution in [1.29, 1.82) is 0 Å². The average Bonchev–Trinajstić information content (AvgIpc) is 2.61. The minimum atomic E-state index is -0.105. The third kappa shape index (κ3) is 1.01. The number of carbonyl (C=O) groups excluding carboxylic acids is 2. The normalized spacial score (nSPS) is 42.3. The molecule has 0 unspecified atom stereocenters. The first kappa shape index (κ1) is 8.92. The van der Waals surface area contributed by atoms with Crippen molar-refractivity contribution in [1.82, 2.24) is 0 Å². The quantitative estimate of drug-likeness (QED) is 0.652. The lowest BCUT2D eigenvalue weighted by molar-refractivity contribution is -0.126. The van der Waals surface area contributed by atoms with Crippen molar-refractivity contribution in [2.24, 2.45) is 10.8 Å². The molecule has 2 rings (SSSR count). The maximum absolute atomic E-state index is 11.5. The van der Waals surface area contributed by atoms with Gasteiger partial charge in [-0.3, -0.25) is 9.59 Å². The van der Waals surface area contributed by atoms with Crippen LogP contribution in [0.2, 0.25) is 0 Å². The summed E-state index contributed by atoms with van der Waals surface area (Å²) in [5.41, 5.74) is -0.211. The summed E-state index contributed by atoms with van der Waals surface area (Å²) in [6.45, 7) is 3.36. The molecule has 2 bridgehead atoms. The van der Waals surface area contributed by atoms with E-state index in [9.17, 15) is 9.59 Å². The zero-order chi connectivity index (χ0) is 9.69. The molecule has 0 spiro atoms. The zero-order valence-corrected chi connectivity index (χ0v) is 8.35. The van der Waals surface area contributed by atoms with Gasteiger partial charge in [-0.25, -0.2) is 0 Å². The smallest absolute Gasteiger partial charge is 0.135 e. The monoisotopic (exact) mass is 180 g/mol. The van der Waals surface area contributed by atoms with Crippen LogP contribution in [0, 0.1) is 10.8 Å². The predicted octanol–water partition coefficient (Wildman–Crippen LogP) is 2.11. The van der Waals surface area contributed by atoms with Crippen molar-refractivity contribution in [3.05, 3.63) is 0 Å². The van der Waals surface area contributed by atoms with E-state index in [-0.39, 0.29) is 10.8 Å². The van der Waals surface area contributed by atoms with Gasteiger partial charge < -0.3 is 0 Å². The molecule has 0 heterocycles. The van der Waals surface area contributed by atoms with E-state index in [0.29, 0.717) is 11.6 Å². The highest BCUT2D eigenvalue weighted by Crippen LogP contribution is 2.62. The Morgan fingerprint density at radius 2 is 1.15 bits per heavy atom. The molecule has 2 saturated carbocycles. The maximum atomic E-state index is 11.5. The maximum Gasteiger partial charge on any atom is 0.135 e. The van der Waals surface area contributed by atoms with Gasteiger partial charge in [-0.2, -0.15) is 0 Å². The number of ketones is 2. The highest BCUT2D eigenvalue weighted by molar-refractivity contribution is 5.89. The highest BCUT2D eigenvalue weighted by atomic mass is 16.1. The number of rotatable bonds is 2. The van der Waals surface area contributed by atoms with Gasteiger partial charge in [-0.15, -0.1) is 0 Å². The van der Waals surface area contributed by atoms with Gasteiger partial charge in [0.1, 0.15) is 11.6 Å². The Morgan fingerprint density at radius 3 is 1.31 bits per heavy atom. The summed E-state index contributed by atoms with van der Waals surface area (Å²) in [5, 5.41) is 0. The fourth-order valence-corrected chi connectivity index (χ4v) is 3.16. The lowest BCUT2D eigenvalue weighted by atomic mass is 9.79. The van der Waals surface area contributed by atoms with Crippen LogP contribution in [0.1, 0.15) is 46.0 Å². The molecule has 2 aliphatic carbocycles. The summed E-state index contributed by atoms with van der Waals surface area (Å²) in [5.74, 6) is 0.598. The summed E-state index contributed by atoms with van der Waals surface area (Å²) in [4.78, 5) is 23.0. The van der Waals surface area contributed by atoms with E-state index >= 15 is 0 Å². The second-order valence-corrected chi connectivity index (χ2v) is 4.85. The minimum Gasteiger partial charge on any atom is -0.299 e. The van der Waals surface area contributed by atoms with E-state index in [0.717, 1.165) is 32.1 Å². The van der Waals surface area contributed by atoms with Crippen LogP contribution >= 0.6 is 0 Å². The van der Waals surface area contributed by atoms with E-state index in [2.05, 4.69) is 0 Å². The standard InChI is InChI=1S/C11H16O2/c1-8(12)10-3-5-11(7-10,6-4-10)9(2)13/h3-7H2,1-2H3. The minimum absolute atomic E-state index is 0.105. The van der Waals surface area contributed by atoms with Crippen molar-refractivity contribution in [2.45, 2.75) is 46.0 Å².